The molecule has 0 fully saturated rings. The minimum absolute atomic E-state index is 0.200. The molecule has 0 spiro atoms. The Bertz CT molecular complexity index is 577. The predicted molar refractivity (Wildman–Crippen MR) is 79.8 cm³/mol. The summed E-state index contributed by atoms with van der Waals surface area (Å²) in [4.78, 5) is 12.7. The fraction of sp³-hybridized carbons (Fsp3) is 0.214. The maximum absolute atomic E-state index is 11.7. The molecule has 1 amide bonds. The molecule has 0 aliphatic heterocycles. The minimum atomic E-state index is -0.203. The van der Waals surface area contributed by atoms with Gasteiger partial charge in [0.2, 0.25) is 5.91 Å². The van der Waals surface area contributed by atoms with Gasteiger partial charge in [0.05, 0.1) is 10.6 Å². The molecule has 0 radical (unpaired) electrons. The zero-order valence-corrected chi connectivity index (χ0v) is 12.4. The predicted octanol–water partition coefficient (Wildman–Crippen LogP) is 3.51. The zero-order chi connectivity index (χ0) is 14.4. The molecule has 20 heavy (non-hydrogen) atoms. The number of halogens is 1. The highest BCUT2D eigenvalue weighted by atomic mass is 35.5. The van der Waals surface area contributed by atoms with Gasteiger partial charge in [0.1, 0.15) is 11.9 Å². The van der Waals surface area contributed by atoms with Crippen LogP contribution in [0.15, 0.2) is 41.0 Å². The highest BCUT2D eigenvalue weighted by Crippen LogP contribution is 2.28. The third-order valence-corrected chi connectivity index (χ3v) is 3.92. The molecule has 0 bridgehead atoms. The molecule has 2 rings (SSSR count). The molecule has 0 aliphatic rings. The van der Waals surface area contributed by atoms with Crippen LogP contribution in [-0.4, -0.2) is 19.6 Å². The highest BCUT2D eigenvalue weighted by Gasteiger charge is 2.13. The number of methoxy groups -OCH3 is 1. The van der Waals surface area contributed by atoms with Gasteiger partial charge in [-0.15, -0.1) is 11.3 Å². The van der Waals surface area contributed by atoms with Crippen molar-refractivity contribution < 1.29 is 13.9 Å². The Morgan fingerprint density at radius 3 is 3.00 bits per heavy atom. The lowest BCUT2D eigenvalue weighted by atomic mass is 10.3. The van der Waals surface area contributed by atoms with Gasteiger partial charge in [-0.1, -0.05) is 11.6 Å². The smallest absolute Gasteiger partial charge is 0.244 e. The largest absolute Gasteiger partial charge is 0.465 e. The average molecular weight is 312 g/mol. The van der Waals surface area contributed by atoms with Crippen LogP contribution < -0.4 is 5.32 Å². The molecule has 0 aliphatic carbocycles. The molecule has 1 N–H and O–H groups in total. The van der Waals surface area contributed by atoms with Crippen molar-refractivity contribution >= 4 is 34.9 Å². The van der Waals surface area contributed by atoms with Gasteiger partial charge in [-0.3, -0.25) is 4.79 Å². The Hall–Kier alpha value is -1.56. The van der Waals surface area contributed by atoms with Crippen LogP contribution >= 0.6 is 22.9 Å². The maximum atomic E-state index is 11.7. The number of carbonyl (C=O) groups excluding carboxylic acids is 1. The second-order valence-electron chi connectivity index (χ2n) is 3.96. The number of hydrogen-bond acceptors (Lipinski definition) is 4. The van der Waals surface area contributed by atoms with Gasteiger partial charge >= 0.3 is 0 Å². The number of amides is 1. The summed E-state index contributed by atoms with van der Waals surface area (Å²) >= 11 is 7.32. The van der Waals surface area contributed by atoms with E-state index in [1.54, 1.807) is 31.6 Å². The highest BCUT2D eigenvalue weighted by molar-refractivity contribution is 7.16. The van der Waals surface area contributed by atoms with E-state index in [-0.39, 0.29) is 12.0 Å². The Balaban J connectivity index is 1.85. The number of furan rings is 1. The number of rotatable bonds is 6. The summed E-state index contributed by atoms with van der Waals surface area (Å²) in [5.74, 6) is 0.430. The van der Waals surface area contributed by atoms with E-state index in [1.165, 1.54) is 17.4 Å². The SMILES string of the molecule is CO[C@@H](CNC(=O)/C=C/c1ccco1)c1ccc(Cl)s1. The van der Waals surface area contributed by atoms with Gasteiger partial charge in [0.25, 0.3) is 0 Å². The van der Waals surface area contributed by atoms with Gasteiger partial charge in [-0.2, -0.15) is 0 Å². The molecular weight excluding hydrogens is 298 g/mol. The van der Waals surface area contributed by atoms with Crippen molar-refractivity contribution in [1.29, 1.82) is 0 Å². The van der Waals surface area contributed by atoms with E-state index in [2.05, 4.69) is 5.32 Å². The molecular formula is C14H14ClNO3S. The number of hydrogen-bond donors (Lipinski definition) is 1. The third-order valence-electron chi connectivity index (χ3n) is 2.60. The molecule has 2 aromatic heterocycles. The Morgan fingerprint density at radius 2 is 2.40 bits per heavy atom. The number of ether oxygens (including phenoxy) is 1. The third kappa shape index (κ3) is 4.23. The van der Waals surface area contributed by atoms with Gasteiger partial charge in [0, 0.05) is 24.6 Å². The Morgan fingerprint density at radius 1 is 1.55 bits per heavy atom. The fourth-order valence-corrected chi connectivity index (χ4v) is 2.74. The van der Waals surface area contributed by atoms with Crippen LogP contribution in [0.4, 0.5) is 0 Å². The summed E-state index contributed by atoms with van der Waals surface area (Å²) in [6.07, 6.45) is 4.39. The van der Waals surface area contributed by atoms with Crippen molar-refractivity contribution in [3.05, 3.63) is 51.6 Å². The standard InChI is InChI=1S/C14H14ClNO3S/c1-18-11(12-5-6-13(15)20-12)9-16-14(17)7-4-10-3-2-8-19-10/h2-8,11H,9H2,1H3,(H,16,17)/b7-4+/t11-/m0/s1. The molecule has 106 valence electrons. The monoisotopic (exact) mass is 311 g/mol. The first-order valence-electron chi connectivity index (χ1n) is 5.96. The summed E-state index contributed by atoms with van der Waals surface area (Å²) in [5, 5.41) is 2.78. The van der Waals surface area contributed by atoms with E-state index in [0.717, 1.165) is 4.88 Å². The number of thiophene rings is 1. The first-order chi connectivity index (χ1) is 9.69. The van der Waals surface area contributed by atoms with Crippen LogP contribution in [0.3, 0.4) is 0 Å². The minimum Gasteiger partial charge on any atom is -0.465 e. The molecule has 0 saturated carbocycles. The summed E-state index contributed by atoms with van der Waals surface area (Å²) < 4.78 is 11.1. The van der Waals surface area contributed by atoms with Crippen LogP contribution in [0.5, 0.6) is 0 Å². The van der Waals surface area contributed by atoms with Crippen LogP contribution in [0.1, 0.15) is 16.7 Å². The molecule has 0 saturated heterocycles. The normalized spacial score (nSPS) is 12.7. The lowest BCUT2D eigenvalue weighted by molar-refractivity contribution is -0.117. The van der Waals surface area contributed by atoms with Crippen molar-refractivity contribution in [2.45, 2.75) is 6.10 Å². The van der Waals surface area contributed by atoms with Crippen LogP contribution in [0.2, 0.25) is 4.34 Å². The van der Waals surface area contributed by atoms with Crippen molar-refractivity contribution in [1.82, 2.24) is 5.32 Å². The van der Waals surface area contributed by atoms with Gasteiger partial charge < -0.3 is 14.5 Å². The molecule has 4 nitrogen and oxygen atoms in total. The maximum Gasteiger partial charge on any atom is 0.244 e. The Labute approximate surface area is 126 Å². The van der Waals surface area contributed by atoms with E-state index in [1.807, 2.05) is 12.1 Å². The Kier molecular flexibility index (Phi) is 5.40. The molecule has 0 unspecified atom stereocenters. The average Bonchev–Trinajstić information content (AvgIpc) is 3.09. The van der Waals surface area contributed by atoms with Crippen molar-refractivity contribution in [2.24, 2.45) is 0 Å². The second-order valence-corrected chi connectivity index (χ2v) is 5.71. The van der Waals surface area contributed by atoms with E-state index < -0.39 is 0 Å². The lowest BCUT2D eigenvalue weighted by Crippen LogP contribution is -2.27. The van der Waals surface area contributed by atoms with Crippen LogP contribution in [0.25, 0.3) is 6.08 Å². The van der Waals surface area contributed by atoms with E-state index >= 15 is 0 Å². The van der Waals surface area contributed by atoms with Crippen molar-refractivity contribution in [2.75, 3.05) is 13.7 Å². The summed E-state index contributed by atoms with van der Waals surface area (Å²) in [6.45, 7) is 0.384. The van der Waals surface area contributed by atoms with Gasteiger partial charge in [-0.05, 0) is 30.3 Å². The fourth-order valence-electron chi connectivity index (χ4n) is 1.60. The molecule has 6 heteroatoms. The van der Waals surface area contributed by atoms with Crippen molar-refractivity contribution in [3.8, 4) is 0 Å². The number of nitrogens with one attached hydrogen (secondary N) is 1. The first-order valence-corrected chi connectivity index (χ1v) is 7.16. The van der Waals surface area contributed by atoms with E-state index in [9.17, 15) is 4.79 Å². The van der Waals surface area contributed by atoms with Crippen LogP contribution in [0, 0.1) is 0 Å². The lowest BCUT2D eigenvalue weighted by Gasteiger charge is -2.13. The molecule has 2 aromatic rings. The zero-order valence-electron chi connectivity index (χ0n) is 10.8. The topological polar surface area (TPSA) is 51.5 Å². The number of carbonyl (C=O) groups is 1. The van der Waals surface area contributed by atoms with Crippen molar-refractivity contribution in [3.63, 3.8) is 0 Å². The second kappa shape index (κ2) is 7.28. The van der Waals surface area contributed by atoms with Crippen LogP contribution in [-0.2, 0) is 9.53 Å². The summed E-state index contributed by atoms with van der Waals surface area (Å²) in [6, 6.07) is 7.24. The quantitative estimate of drug-likeness (QED) is 0.831. The molecule has 1 atom stereocenters. The first kappa shape index (κ1) is 14.8. The van der Waals surface area contributed by atoms with Gasteiger partial charge in [0.15, 0.2) is 0 Å². The van der Waals surface area contributed by atoms with E-state index in [4.69, 9.17) is 20.8 Å². The molecule has 0 aromatic carbocycles. The molecule has 2 heterocycles. The van der Waals surface area contributed by atoms with Gasteiger partial charge in [-0.25, -0.2) is 0 Å². The van der Waals surface area contributed by atoms with E-state index in [0.29, 0.717) is 16.6 Å². The summed E-state index contributed by atoms with van der Waals surface area (Å²) in [5.41, 5.74) is 0. The summed E-state index contributed by atoms with van der Waals surface area (Å²) in [7, 11) is 1.60.